The second kappa shape index (κ2) is 5.15. The monoisotopic (exact) mass is 267 g/mol. The van der Waals surface area contributed by atoms with Crippen LogP contribution in [0.25, 0.3) is 11.0 Å². The lowest BCUT2D eigenvalue weighted by molar-refractivity contribution is 0.352. The molecular weight excluding hydrogens is 254 g/mol. The van der Waals surface area contributed by atoms with Crippen molar-refractivity contribution in [3.8, 4) is 12.3 Å². The number of fused-ring (bicyclic) bond motifs is 1. The van der Waals surface area contributed by atoms with E-state index in [9.17, 15) is 0 Å². The molecule has 0 aliphatic rings. The van der Waals surface area contributed by atoms with Gasteiger partial charge in [0.05, 0.1) is 23.5 Å². The molecule has 0 amide bonds. The van der Waals surface area contributed by atoms with Gasteiger partial charge in [-0.05, 0) is 12.1 Å². The zero-order valence-electron chi connectivity index (χ0n) is 10.7. The van der Waals surface area contributed by atoms with Gasteiger partial charge < -0.3 is 15.2 Å². The highest BCUT2D eigenvalue weighted by atomic mass is 16.5. The lowest BCUT2D eigenvalue weighted by Crippen LogP contribution is -2.09. The maximum absolute atomic E-state index is 5.81. The second-order valence-corrected chi connectivity index (χ2v) is 4.44. The van der Waals surface area contributed by atoms with Crippen LogP contribution >= 0.6 is 0 Å². The van der Waals surface area contributed by atoms with Crippen LogP contribution in [0.5, 0.6) is 0 Å². The van der Waals surface area contributed by atoms with Crippen molar-refractivity contribution >= 4 is 11.0 Å². The predicted octanol–water partition coefficient (Wildman–Crippen LogP) is 1.56. The molecular formula is C14H13N5O. The molecule has 20 heavy (non-hydrogen) atoms. The van der Waals surface area contributed by atoms with Crippen molar-refractivity contribution in [2.45, 2.75) is 18.9 Å². The van der Waals surface area contributed by atoms with E-state index in [4.69, 9.17) is 16.7 Å². The van der Waals surface area contributed by atoms with E-state index in [2.05, 4.69) is 26.0 Å². The summed E-state index contributed by atoms with van der Waals surface area (Å²) < 4.78 is 5.10. The summed E-state index contributed by atoms with van der Waals surface area (Å²) in [5, 5.41) is 3.89. The van der Waals surface area contributed by atoms with Crippen LogP contribution in [-0.4, -0.2) is 20.1 Å². The van der Waals surface area contributed by atoms with Crippen molar-refractivity contribution in [3.05, 3.63) is 41.8 Å². The second-order valence-electron chi connectivity index (χ2n) is 4.44. The molecule has 2 aromatic heterocycles. The first kappa shape index (κ1) is 12.4. The van der Waals surface area contributed by atoms with E-state index in [1.54, 1.807) is 0 Å². The molecule has 0 aliphatic heterocycles. The number of H-pyrrole nitrogens is 1. The first-order valence-corrected chi connectivity index (χ1v) is 6.21. The lowest BCUT2D eigenvalue weighted by Gasteiger charge is -1.98. The maximum Gasteiger partial charge on any atom is 0.244 e. The number of aromatic amines is 1. The first-order chi connectivity index (χ1) is 9.76. The van der Waals surface area contributed by atoms with E-state index in [0.717, 1.165) is 16.9 Å². The highest BCUT2D eigenvalue weighted by Gasteiger charge is 2.15. The van der Waals surface area contributed by atoms with Crippen LogP contribution in [0.15, 0.2) is 28.8 Å². The highest BCUT2D eigenvalue weighted by Crippen LogP contribution is 2.14. The summed E-state index contributed by atoms with van der Waals surface area (Å²) in [5.74, 6) is 4.14. The Hall–Kier alpha value is -2.65. The normalized spacial score (nSPS) is 12.4. The lowest BCUT2D eigenvalue weighted by atomic mass is 10.2. The van der Waals surface area contributed by atoms with Crippen molar-refractivity contribution in [1.82, 2.24) is 20.1 Å². The molecule has 0 saturated heterocycles. The Morgan fingerprint density at radius 1 is 1.35 bits per heavy atom. The molecule has 0 bridgehead atoms. The third kappa shape index (κ3) is 2.39. The van der Waals surface area contributed by atoms with Crippen LogP contribution in [0.4, 0.5) is 0 Å². The summed E-state index contributed by atoms with van der Waals surface area (Å²) >= 11 is 0. The van der Waals surface area contributed by atoms with Gasteiger partial charge >= 0.3 is 0 Å². The number of imidazole rings is 1. The SMILES string of the molecule is C#CCC(N)c1nc(Cc2nc3ccccc3[nH]2)no1. The maximum atomic E-state index is 5.81. The van der Waals surface area contributed by atoms with Gasteiger partial charge in [0, 0.05) is 6.42 Å². The Morgan fingerprint density at radius 3 is 3.00 bits per heavy atom. The fourth-order valence-corrected chi connectivity index (χ4v) is 1.94. The fraction of sp³-hybridized carbons (Fsp3) is 0.214. The van der Waals surface area contributed by atoms with E-state index in [0.29, 0.717) is 24.6 Å². The summed E-state index contributed by atoms with van der Waals surface area (Å²) in [6, 6.07) is 7.39. The number of nitrogens with one attached hydrogen (secondary N) is 1. The average molecular weight is 267 g/mol. The number of benzene rings is 1. The summed E-state index contributed by atoms with van der Waals surface area (Å²) in [5.41, 5.74) is 7.71. The molecule has 3 N–H and O–H groups in total. The Kier molecular flexibility index (Phi) is 3.19. The van der Waals surface area contributed by atoms with Gasteiger partial charge in [0.2, 0.25) is 5.89 Å². The van der Waals surface area contributed by atoms with Crippen molar-refractivity contribution < 1.29 is 4.52 Å². The largest absolute Gasteiger partial charge is 0.342 e. The third-order valence-corrected chi connectivity index (χ3v) is 2.90. The minimum Gasteiger partial charge on any atom is -0.342 e. The number of para-hydroxylation sites is 2. The molecule has 0 aliphatic carbocycles. The van der Waals surface area contributed by atoms with Crippen molar-refractivity contribution in [2.75, 3.05) is 0 Å². The van der Waals surface area contributed by atoms with E-state index in [-0.39, 0.29) is 0 Å². The topological polar surface area (TPSA) is 93.6 Å². The molecule has 3 aromatic rings. The quantitative estimate of drug-likeness (QED) is 0.700. The molecule has 0 spiro atoms. The molecule has 6 heteroatoms. The Bertz CT molecular complexity index is 734. The molecule has 1 atom stereocenters. The van der Waals surface area contributed by atoms with E-state index in [1.165, 1.54) is 0 Å². The summed E-state index contributed by atoms with van der Waals surface area (Å²) in [6.45, 7) is 0. The molecule has 2 heterocycles. The predicted molar refractivity (Wildman–Crippen MR) is 73.6 cm³/mol. The van der Waals surface area contributed by atoms with Crippen LogP contribution in [0.1, 0.15) is 30.0 Å². The number of hydrogen-bond donors (Lipinski definition) is 2. The molecule has 0 fully saturated rings. The van der Waals surface area contributed by atoms with E-state index < -0.39 is 6.04 Å². The van der Waals surface area contributed by atoms with E-state index >= 15 is 0 Å². The molecule has 0 radical (unpaired) electrons. The number of nitrogens with zero attached hydrogens (tertiary/aromatic N) is 3. The van der Waals surface area contributed by atoms with Gasteiger partial charge in [-0.25, -0.2) is 4.98 Å². The molecule has 100 valence electrons. The van der Waals surface area contributed by atoms with Gasteiger partial charge in [-0.2, -0.15) is 4.98 Å². The van der Waals surface area contributed by atoms with Crippen molar-refractivity contribution in [2.24, 2.45) is 5.73 Å². The first-order valence-electron chi connectivity index (χ1n) is 6.21. The smallest absolute Gasteiger partial charge is 0.244 e. The zero-order chi connectivity index (χ0) is 13.9. The number of rotatable bonds is 4. The number of aromatic nitrogens is 4. The zero-order valence-corrected chi connectivity index (χ0v) is 10.7. The third-order valence-electron chi connectivity index (χ3n) is 2.90. The minimum atomic E-state index is -0.420. The number of nitrogens with two attached hydrogens (primary N) is 1. The molecule has 6 nitrogen and oxygen atoms in total. The molecule has 1 unspecified atom stereocenters. The number of terminal acetylenes is 1. The van der Waals surface area contributed by atoms with E-state index in [1.807, 2.05) is 24.3 Å². The average Bonchev–Trinajstić information content (AvgIpc) is 3.05. The van der Waals surface area contributed by atoms with Crippen LogP contribution in [0, 0.1) is 12.3 Å². The fourth-order valence-electron chi connectivity index (χ4n) is 1.94. The van der Waals surface area contributed by atoms with Gasteiger partial charge in [0.15, 0.2) is 5.82 Å². The van der Waals surface area contributed by atoms with Gasteiger partial charge in [-0.3, -0.25) is 0 Å². The molecule has 0 saturated carbocycles. The summed E-state index contributed by atoms with van der Waals surface area (Å²) in [6.07, 6.45) is 6.03. The van der Waals surface area contributed by atoms with Crippen LogP contribution < -0.4 is 5.73 Å². The van der Waals surface area contributed by atoms with Gasteiger partial charge in [0.1, 0.15) is 5.82 Å². The van der Waals surface area contributed by atoms with Gasteiger partial charge in [0.25, 0.3) is 0 Å². The van der Waals surface area contributed by atoms with Gasteiger partial charge in [-0.1, -0.05) is 17.3 Å². The van der Waals surface area contributed by atoms with Crippen molar-refractivity contribution in [3.63, 3.8) is 0 Å². The Labute approximate surface area is 115 Å². The van der Waals surface area contributed by atoms with Crippen molar-refractivity contribution in [1.29, 1.82) is 0 Å². The van der Waals surface area contributed by atoms with Gasteiger partial charge in [-0.15, -0.1) is 12.3 Å². The molecule has 3 rings (SSSR count). The number of hydrogen-bond acceptors (Lipinski definition) is 5. The Morgan fingerprint density at radius 2 is 2.20 bits per heavy atom. The van der Waals surface area contributed by atoms with Crippen LogP contribution in [0.2, 0.25) is 0 Å². The summed E-state index contributed by atoms with van der Waals surface area (Å²) in [7, 11) is 0. The summed E-state index contributed by atoms with van der Waals surface area (Å²) in [4.78, 5) is 11.9. The standard InChI is InChI=1S/C14H13N5O/c1-2-5-9(15)14-18-13(19-20-14)8-12-16-10-6-3-4-7-11(10)17-12/h1,3-4,6-7,9H,5,8,15H2,(H,16,17). The Balaban J connectivity index is 1.79. The minimum absolute atomic E-state index is 0.356. The van der Waals surface area contributed by atoms with Crippen LogP contribution in [-0.2, 0) is 6.42 Å². The highest BCUT2D eigenvalue weighted by molar-refractivity contribution is 5.74. The molecule has 1 aromatic carbocycles. The van der Waals surface area contributed by atoms with Crippen LogP contribution in [0.3, 0.4) is 0 Å².